The van der Waals surface area contributed by atoms with Gasteiger partial charge in [-0.15, -0.1) is 11.3 Å². The van der Waals surface area contributed by atoms with Crippen LogP contribution in [0.25, 0.3) is 0 Å². The molecule has 0 saturated carbocycles. The molecule has 2 nitrogen and oxygen atoms in total. The minimum Gasteiger partial charge on any atom is -0.496 e. The molecule has 3 heteroatoms. The van der Waals surface area contributed by atoms with Gasteiger partial charge in [-0.2, -0.15) is 0 Å². The first-order chi connectivity index (χ1) is 9.08. The highest BCUT2D eigenvalue weighted by Gasteiger charge is 2.20. The SMILES string of the molecule is CNC(c1cc(C)c(C)cc1C)c1sccc1OC. The average Bonchev–Trinajstić information content (AvgIpc) is 2.84. The van der Waals surface area contributed by atoms with E-state index in [9.17, 15) is 0 Å². The van der Waals surface area contributed by atoms with Crippen molar-refractivity contribution in [2.75, 3.05) is 14.2 Å². The van der Waals surface area contributed by atoms with Gasteiger partial charge in [-0.3, -0.25) is 0 Å². The van der Waals surface area contributed by atoms with E-state index < -0.39 is 0 Å². The maximum atomic E-state index is 5.45. The molecule has 0 fully saturated rings. The van der Waals surface area contributed by atoms with E-state index in [0.29, 0.717) is 0 Å². The smallest absolute Gasteiger partial charge is 0.134 e. The van der Waals surface area contributed by atoms with Gasteiger partial charge >= 0.3 is 0 Å². The van der Waals surface area contributed by atoms with E-state index in [0.717, 1.165) is 5.75 Å². The molecule has 0 aliphatic carbocycles. The summed E-state index contributed by atoms with van der Waals surface area (Å²) in [6, 6.07) is 6.76. The number of methoxy groups -OCH3 is 1. The largest absolute Gasteiger partial charge is 0.496 e. The zero-order chi connectivity index (χ0) is 14.0. The van der Waals surface area contributed by atoms with Crippen molar-refractivity contribution in [2.45, 2.75) is 26.8 Å². The molecular formula is C16H21NOS. The number of nitrogens with one attached hydrogen (secondary N) is 1. The molecule has 19 heavy (non-hydrogen) atoms. The predicted molar refractivity (Wildman–Crippen MR) is 82.4 cm³/mol. The molecule has 0 radical (unpaired) electrons. The van der Waals surface area contributed by atoms with E-state index in [1.54, 1.807) is 18.4 Å². The lowest BCUT2D eigenvalue weighted by atomic mass is 9.95. The van der Waals surface area contributed by atoms with Gasteiger partial charge in [-0.25, -0.2) is 0 Å². The zero-order valence-electron chi connectivity index (χ0n) is 12.2. The van der Waals surface area contributed by atoms with E-state index >= 15 is 0 Å². The Hall–Kier alpha value is -1.32. The molecule has 0 saturated heterocycles. The number of benzene rings is 1. The second-order valence-corrected chi connectivity index (χ2v) is 5.82. The summed E-state index contributed by atoms with van der Waals surface area (Å²) in [5.74, 6) is 0.960. The van der Waals surface area contributed by atoms with Crippen LogP contribution in [0, 0.1) is 20.8 Å². The maximum absolute atomic E-state index is 5.45. The molecule has 0 aliphatic rings. The van der Waals surface area contributed by atoms with Crippen LogP contribution in [0.5, 0.6) is 5.75 Å². The molecule has 0 amide bonds. The normalized spacial score (nSPS) is 12.5. The third-order valence-electron chi connectivity index (χ3n) is 3.62. The fraction of sp³-hybridized carbons (Fsp3) is 0.375. The summed E-state index contributed by atoms with van der Waals surface area (Å²) >= 11 is 1.73. The maximum Gasteiger partial charge on any atom is 0.134 e. The van der Waals surface area contributed by atoms with Crippen LogP contribution >= 0.6 is 11.3 Å². The molecule has 1 aromatic heterocycles. The number of hydrogen-bond acceptors (Lipinski definition) is 3. The highest BCUT2D eigenvalue weighted by atomic mass is 32.1. The van der Waals surface area contributed by atoms with Crippen molar-refractivity contribution in [1.29, 1.82) is 0 Å². The van der Waals surface area contributed by atoms with Gasteiger partial charge in [0.1, 0.15) is 5.75 Å². The van der Waals surface area contributed by atoms with Crippen molar-refractivity contribution in [2.24, 2.45) is 0 Å². The topological polar surface area (TPSA) is 21.3 Å². The molecule has 0 spiro atoms. The molecule has 1 atom stereocenters. The van der Waals surface area contributed by atoms with Gasteiger partial charge in [0.05, 0.1) is 18.0 Å². The van der Waals surface area contributed by atoms with Gasteiger partial charge in [0.25, 0.3) is 0 Å². The second kappa shape index (κ2) is 5.76. The Bertz CT molecular complexity index is 574. The molecule has 2 aromatic rings. The van der Waals surface area contributed by atoms with Crippen LogP contribution in [0.1, 0.15) is 33.2 Å². The molecule has 0 bridgehead atoms. The summed E-state index contributed by atoms with van der Waals surface area (Å²) in [5, 5.41) is 5.49. The Morgan fingerprint density at radius 1 is 1.11 bits per heavy atom. The van der Waals surface area contributed by atoms with E-state index in [1.165, 1.54) is 27.1 Å². The Balaban J connectivity index is 2.51. The Labute approximate surface area is 119 Å². The lowest BCUT2D eigenvalue weighted by Gasteiger charge is -2.20. The van der Waals surface area contributed by atoms with Gasteiger partial charge in [0, 0.05) is 0 Å². The van der Waals surface area contributed by atoms with Gasteiger partial charge in [0.15, 0.2) is 0 Å². The Kier molecular flexibility index (Phi) is 4.27. The van der Waals surface area contributed by atoms with E-state index in [2.05, 4.69) is 43.6 Å². The zero-order valence-corrected chi connectivity index (χ0v) is 13.0. The number of hydrogen-bond donors (Lipinski definition) is 1. The van der Waals surface area contributed by atoms with Crippen molar-refractivity contribution in [1.82, 2.24) is 5.32 Å². The highest BCUT2D eigenvalue weighted by molar-refractivity contribution is 7.10. The minimum absolute atomic E-state index is 0.189. The van der Waals surface area contributed by atoms with Crippen molar-refractivity contribution in [3.8, 4) is 5.75 Å². The quantitative estimate of drug-likeness (QED) is 0.911. The monoisotopic (exact) mass is 275 g/mol. The fourth-order valence-corrected chi connectivity index (χ4v) is 3.40. The Morgan fingerprint density at radius 3 is 2.42 bits per heavy atom. The highest BCUT2D eigenvalue weighted by Crippen LogP contribution is 2.36. The third kappa shape index (κ3) is 2.67. The summed E-state index contributed by atoms with van der Waals surface area (Å²) in [6.45, 7) is 6.50. The molecule has 1 unspecified atom stereocenters. The first-order valence-electron chi connectivity index (χ1n) is 6.44. The number of ether oxygens (including phenoxy) is 1. The first kappa shape index (κ1) is 14.1. The lowest BCUT2D eigenvalue weighted by Crippen LogP contribution is -2.18. The lowest BCUT2D eigenvalue weighted by molar-refractivity contribution is 0.408. The van der Waals surface area contributed by atoms with Crippen LogP contribution in [-0.2, 0) is 0 Å². The molecule has 0 aliphatic heterocycles. The van der Waals surface area contributed by atoms with Crippen LogP contribution < -0.4 is 10.1 Å². The van der Waals surface area contributed by atoms with E-state index in [1.807, 2.05) is 13.1 Å². The summed E-state index contributed by atoms with van der Waals surface area (Å²) in [4.78, 5) is 1.23. The molecule has 1 N–H and O–H groups in total. The standard InChI is InChI=1S/C16H21NOS/c1-10-8-12(3)13(9-11(10)2)15(17-4)16-14(18-5)6-7-19-16/h6-9,15,17H,1-5H3. The third-order valence-corrected chi connectivity index (χ3v) is 4.58. The second-order valence-electron chi connectivity index (χ2n) is 4.87. The number of aryl methyl sites for hydroxylation is 3. The summed E-state index contributed by atoms with van der Waals surface area (Å²) < 4.78 is 5.45. The van der Waals surface area contributed by atoms with Crippen LogP contribution in [0.2, 0.25) is 0 Å². The molecule has 2 rings (SSSR count). The van der Waals surface area contributed by atoms with Crippen molar-refractivity contribution >= 4 is 11.3 Å². The van der Waals surface area contributed by atoms with Crippen LogP contribution in [0.3, 0.4) is 0 Å². The van der Waals surface area contributed by atoms with E-state index in [-0.39, 0.29) is 6.04 Å². The molecular weight excluding hydrogens is 254 g/mol. The minimum atomic E-state index is 0.189. The first-order valence-corrected chi connectivity index (χ1v) is 7.32. The van der Waals surface area contributed by atoms with Crippen LogP contribution in [-0.4, -0.2) is 14.2 Å². The molecule has 1 heterocycles. The van der Waals surface area contributed by atoms with E-state index in [4.69, 9.17) is 4.74 Å². The van der Waals surface area contributed by atoms with Gasteiger partial charge < -0.3 is 10.1 Å². The summed E-state index contributed by atoms with van der Waals surface area (Å²) in [5.41, 5.74) is 5.31. The predicted octanol–water partition coefficient (Wildman–Crippen LogP) is 3.99. The van der Waals surface area contributed by atoms with Crippen molar-refractivity contribution in [3.05, 3.63) is 50.7 Å². The van der Waals surface area contributed by atoms with Crippen LogP contribution in [0.4, 0.5) is 0 Å². The van der Waals surface area contributed by atoms with Crippen LogP contribution in [0.15, 0.2) is 23.6 Å². The average molecular weight is 275 g/mol. The van der Waals surface area contributed by atoms with Crippen molar-refractivity contribution in [3.63, 3.8) is 0 Å². The van der Waals surface area contributed by atoms with Gasteiger partial charge in [-0.1, -0.05) is 12.1 Å². The fourth-order valence-electron chi connectivity index (χ4n) is 2.41. The number of rotatable bonds is 4. The molecule has 102 valence electrons. The van der Waals surface area contributed by atoms with Crippen molar-refractivity contribution < 1.29 is 4.74 Å². The summed E-state index contributed by atoms with van der Waals surface area (Å²) in [7, 11) is 3.73. The molecule has 1 aromatic carbocycles. The number of thiophene rings is 1. The Morgan fingerprint density at radius 2 is 1.79 bits per heavy atom. The van der Waals surface area contributed by atoms with Gasteiger partial charge in [-0.05, 0) is 61.5 Å². The van der Waals surface area contributed by atoms with Gasteiger partial charge in [0.2, 0.25) is 0 Å². The summed E-state index contributed by atoms with van der Waals surface area (Å²) in [6.07, 6.45) is 0.